The van der Waals surface area contributed by atoms with Crippen molar-refractivity contribution < 1.29 is 13.2 Å². The fraction of sp³-hybridized carbons (Fsp3) is 0.375. The number of benzene rings is 1. The Balaban J connectivity index is 1.55. The molecule has 178 valence electrons. The predicted molar refractivity (Wildman–Crippen MR) is 126 cm³/mol. The minimum atomic E-state index is -4.39. The molecule has 3 aromatic heterocycles. The van der Waals surface area contributed by atoms with Crippen molar-refractivity contribution in [3.63, 3.8) is 0 Å². The first-order valence-corrected chi connectivity index (χ1v) is 11.2. The Morgan fingerprint density at radius 1 is 1.03 bits per heavy atom. The van der Waals surface area contributed by atoms with Crippen LogP contribution in [-0.2, 0) is 12.7 Å². The van der Waals surface area contributed by atoms with Gasteiger partial charge in [-0.1, -0.05) is 12.1 Å². The van der Waals surface area contributed by atoms with Gasteiger partial charge in [0.1, 0.15) is 11.6 Å². The summed E-state index contributed by atoms with van der Waals surface area (Å²) in [6, 6.07) is 6.26. The highest BCUT2D eigenvalue weighted by atomic mass is 19.4. The van der Waals surface area contributed by atoms with E-state index < -0.39 is 11.7 Å². The van der Waals surface area contributed by atoms with Crippen LogP contribution in [0.5, 0.6) is 0 Å². The van der Waals surface area contributed by atoms with Crippen LogP contribution in [0.2, 0.25) is 0 Å². The summed E-state index contributed by atoms with van der Waals surface area (Å²) >= 11 is 0. The highest BCUT2D eigenvalue weighted by molar-refractivity contribution is 5.92. The molecule has 0 unspecified atom stereocenters. The lowest BCUT2D eigenvalue weighted by Gasteiger charge is -2.33. The van der Waals surface area contributed by atoms with E-state index in [1.807, 2.05) is 23.6 Å². The molecule has 1 saturated heterocycles. The molecule has 0 amide bonds. The van der Waals surface area contributed by atoms with Crippen molar-refractivity contribution in [2.75, 3.05) is 43.4 Å². The molecule has 1 fully saturated rings. The average molecular weight is 470 g/mol. The van der Waals surface area contributed by atoms with Gasteiger partial charge in [-0.05, 0) is 44.2 Å². The van der Waals surface area contributed by atoms with E-state index in [1.54, 1.807) is 12.3 Å². The Morgan fingerprint density at radius 2 is 1.79 bits per heavy atom. The molecule has 1 aliphatic heterocycles. The van der Waals surface area contributed by atoms with Crippen molar-refractivity contribution in [1.82, 2.24) is 24.3 Å². The molecule has 34 heavy (non-hydrogen) atoms. The molecular weight excluding hydrogens is 443 g/mol. The summed E-state index contributed by atoms with van der Waals surface area (Å²) in [5.74, 6) is 1.95. The summed E-state index contributed by atoms with van der Waals surface area (Å²) in [5, 5.41) is 4.12. The molecule has 1 aliphatic rings. The number of halogens is 3. The number of rotatable bonds is 4. The largest absolute Gasteiger partial charge is 0.416 e. The molecule has 4 aromatic rings. The van der Waals surface area contributed by atoms with Crippen molar-refractivity contribution in [2.24, 2.45) is 0 Å². The third-order valence-corrected chi connectivity index (χ3v) is 6.52. The van der Waals surface area contributed by atoms with Gasteiger partial charge in [0.05, 0.1) is 23.5 Å². The van der Waals surface area contributed by atoms with Gasteiger partial charge in [-0.15, -0.1) is 0 Å². The molecule has 10 heteroatoms. The number of fused-ring (bicyclic) bond motifs is 3. The summed E-state index contributed by atoms with van der Waals surface area (Å²) in [7, 11) is 2.10. The highest BCUT2D eigenvalue weighted by Crippen LogP contribution is 2.33. The third-order valence-electron chi connectivity index (χ3n) is 6.52. The normalized spacial score (nSPS) is 15.4. The third kappa shape index (κ3) is 4.02. The standard InChI is InChI=1S/C24H26F3N7/c1-15-12-30-23-31-22(29-13-17-5-4-6-19(16(17)2)24(25,26)27)18-11-21(28-14-20(18)34(15)23)33-9-7-32(3)8-10-33/h4-6,11-12,14H,7-10,13H2,1-3H3,(H,29,30,31). The van der Waals surface area contributed by atoms with Crippen LogP contribution in [0, 0.1) is 13.8 Å². The summed E-state index contributed by atoms with van der Waals surface area (Å²) < 4.78 is 42.0. The second-order valence-electron chi connectivity index (χ2n) is 8.79. The van der Waals surface area contributed by atoms with Gasteiger partial charge >= 0.3 is 6.18 Å². The zero-order chi connectivity index (χ0) is 24.0. The molecule has 0 radical (unpaired) electrons. The maximum Gasteiger partial charge on any atom is 0.416 e. The van der Waals surface area contributed by atoms with Crippen molar-refractivity contribution >= 4 is 28.3 Å². The maximum atomic E-state index is 13.4. The number of nitrogens with one attached hydrogen (secondary N) is 1. The van der Waals surface area contributed by atoms with E-state index in [0.29, 0.717) is 17.2 Å². The van der Waals surface area contributed by atoms with Crippen molar-refractivity contribution in [1.29, 1.82) is 0 Å². The molecule has 1 N–H and O–H groups in total. The van der Waals surface area contributed by atoms with Crippen LogP contribution in [-0.4, -0.2) is 57.5 Å². The van der Waals surface area contributed by atoms with Crippen molar-refractivity contribution in [3.8, 4) is 0 Å². The highest BCUT2D eigenvalue weighted by Gasteiger charge is 2.32. The van der Waals surface area contributed by atoms with Crippen LogP contribution in [0.4, 0.5) is 24.8 Å². The van der Waals surface area contributed by atoms with Crippen molar-refractivity contribution in [2.45, 2.75) is 26.6 Å². The molecule has 0 bridgehead atoms. The summed E-state index contributed by atoms with van der Waals surface area (Å²) in [6.45, 7) is 7.33. The minimum Gasteiger partial charge on any atom is -0.365 e. The number of likely N-dealkylation sites (N-methyl/N-ethyl adjacent to an activating group) is 1. The quantitative estimate of drug-likeness (QED) is 0.482. The van der Waals surface area contributed by atoms with Crippen LogP contribution in [0.3, 0.4) is 0 Å². The minimum absolute atomic E-state index is 0.208. The summed E-state index contributed by atoms with van der Waals surface area (Å²) in [6.07, 6.45) is -0.815. The predicted octanol–water partition coefficient (Wildman–Crippen LogP) is 4.28. The van der Waals surface area contributed by atoms with Crippen LogP contribution >= 0.6 is 0 Å². The fourth-order valence-corrected chi connectivity index (χ4v) is 4.47. The summed E-state index contributed by atoms with van der Waals surface area (Å²) in [4.78, 5) is 18.3. The topological polar surface area (TPSA) is 61.6 Å². The van der Waals surface area contributed by atoms with E-state index in [1.165, 1.54) is 13.0 Å². The second kappa shape index (κ2) is 8.43. The number of aromatic nitrogens is 4. The molecule has 7 nitrogen and oxygen atoms in total. The molecule has 5 rings (SSSR count). The lowest BCUT2D eigenvalue weighted by Crippen LogP contribution is -2.44. The Morgan fingerprint density at radius 3 is 2.53 bits per heavy atom. The SMILES string of the molecule is Cc1c(CNc2nc3ncc(C)n3c3cnc(N4CCN(C)CC4)cc23)cccc1C(F)(F)F. The van der Waals surface area contributed by atoms with Crippen LogP contribution in [0.15, 0.2) is 36.7 Å². The lowest BCUT2D eigenvalue weighted by molar-refractivity contribution is -0.138. The van der Waals surface area contributed by atoms with Crippen LogP contribution in [0.1, 0.15) is 22.4 Å². The number of hydrogen-bond acceptors (Lipinski definition) is 6. The molecule has 1 aromatic carbocycles. The number of hydrogen-bond donors (Lipinski definition) is 1. The van der Waals surface area contributed by atoms with Gasteiger partial charge in [0.25, 0.3) is 0 Å². The zero-order valence-electron chi connectivity index (χ0n) is 19.3. The number of pyridine rings is 1. The van der Waals surface area contributed by atoms with Gasteiger partial charge in [0.2, 0.25) is 5.78 Å². The van der Waals surface area contributed by atoms with Crippen LogP contribution in [0.25, 0.3) is 16.7 Å². The van der Waals surface area contributed by atoms with E-state index in [4.69, 9.17) is 9.97 Å². The van der Waals surface area contributed by atoms with Gasteiger partial charge in [0.15, 0.2) is 0 Å². The molecule has 0 spiro atoms. The number of imidazole rings is 1. The van der Waals surface area contributed by atoms with Crippen molar-refractivity contribution in [3.05, 3.63) is 59.0 Å². The van der Waals surface area contributed by atoms with E-state index in [-0.39, 0.29) is 12.1 Å². The summed E-state index contributed by atoms with van der Waals surface area (Å²) in [5.41, 5.74) is 1.94. The molecule has 4 heterocycles. The molecule has 0 atom stereocenters. The number of anilines is 2. The molecule has 0 aliphatic carbocycles. The first-order valence-electron chi connectivity index (χ1n) is 11.2. The van der Waals surface area contributed by atoms with E-state index in [0.717, 1.165) is 54.7 Å². The number of piperazine rings is 1. The van der Waals surface area contributed by atoms with Gasteiger partial charge in [-0.2, -0.15) is 18.2 Å². The number of nitrogens with zero attached hydrogens (tertiary/aromatic N) is 6. The molecule has 0 saturated carbocycles. The number of aryl methyl sites for hydroxylation is 1. The van der Waals surface area contributed by atoms with Gasteiger partial charge in [-0.3, -0.25) is 4.40 Å². The van der Waals surface area contributed by atoms with E-state index >= 15 is 0 Å². The average Bonchev–Trinajstić information content (AvgIpc) is 3.18. The monoisotopic (exact) mass is 469 g/mol. The molecular formula is C24H26F3N7. The first kappa shape index (κ1) is 22.4. The van der Waals surface area contributed by atoms with Gasteiger partial charge in [0, 0.05) is 43.8 Å². The first-order chi connectivity index (χ1) is 16.2. The van der Waals surface area contributed by atoms with Gasteiger partial charge < -0.3 is 15.1 Å². The Labute approximate surface area is 195 Å². The smallest absolute Gasteiger partial charge is 0.365 e. The van der Waals surface area contributed by atoms with E-state index in [2.05, 4.69) is 27.1 Å². The van der Waals surface area contributed by atoms with Gasteiger partial charge in [-0.25, -0.2) is 9.97 Å². The second-order valence-corrected chi connectivity index (χ2v) is 8.79. The maximum absolute atomic E-state index is 13.4. The Bertz CT molecular complexity index is 1350. The fourth-order valence-electron chi connectivity index (χ4n) is 4.47. The number of alkyl halides is 3. The Kier molecular flexibility index (Phi) is 5.55. The Hall–Kier alpha value is -3.40. The van der Waals surface area contributed by atoms with E-state index in [9.17, 15) is 13.2 Å². The lowest BCUT2D eigenvalue weighted by atomic mass is 10.0. The zero-order valence-corrected chi connectivity index (χ0v) is 19.3. The van der Waals surface area contributed by atoms with Crippen LogP contribution < -0.4 is 10.2 Å².